The topological polar surface area (TPSA) is 107 Å². The molecule has 0 unspecified atom stereocenters. The van der Waals surface area contributed by atoms with Crippen LogP contribution < -0.4 is 4.74 Å². The Morgan fingerprint density at radius 3 is 2.48 bits per heavy atom. The number of aromatic hydroxyl groups is 2. The number of phenols is 2. The molecule has 1 heterocycles. The molecule has 166 valence electrons. The molecule has 0 amide bonds. The Kier molecular flexibility index (Phi) is 6.16. The first-order valence-electron chi connectivity index (χ1n) is 10.4. The third kappa shape index (κ3) is 5.46. The fourth-order valence-electron chi connectivity index (χ4n) is 3.53. The van der Waals surface area contributed by atoms with Crippen molar-refractivity contribution in [3.63, 3.8) is 0 Å². The van der Waals surface area contributed by atoms with Crippen molar-refractivity contribution in [2.75, 3.05) is 0 Å². The van der Waals surface area contributed by atoms with E-state index in [-0.39, 0.29) is 35.2 Å². The molecule has 0 aliphatic carbocycles. The van der Waals surface area contributed by atoms with Gasteiger partial charge < -0.3 is 25.2 Å². The van der Waals surface area contributed by atoms with Crippen molar-refractivity contribution in [2.24, 2.45) is 0 Å². The van der Waals surface area contributed by atoms with Gasteiger partial charge in [0.1, 0.15) is 23.4 Å². The van der Waals surface area contributed by atoms with E-state index in [1.54, 1.807) is 33.8 Å². The highest BCUT2D eigenvalue weighted by Gasteiger charge is 2.34. The predicted octanol–water partition coefficient (Wildman–Crippen LogP) is 3.77. The van der Waals surface area contributed by atoms with Gasteiger partial charge in [0.15, 0.2) is 5.78 Å². The lowest BCUT2D eigenvalue weighted by Crippen LogP contribution is -2.39. The molecule has 0 radical (unpaired) electrons. The summed E-state index contributed by atoms with van der Waals surface area (Å²) < 4.78 is 5.79. The van der Waals surface area contributed by atoms with Crippen molar-refractivity contribution in [3.8, 4) is 17.2 Å². The maximum Gasteiger partial charge on any atom is 0.189 e. The van der Waals surface area contributed by atoms with E-state index in [0.29, 0.717) is 12.8 Å². The molecule has 6 heteroatoms. The number of fused-ring (bicyclic) bond motifs is 1. The van der Waals surface area contributed by atoms with Crippen molar-refractivity contribution in [1.29, 1.82) is 0 Å². The number of rotatable bonds is 7. The van der Waals surface area contributed by atoms with Gasteiger partial charge in [-0.25, -0.2) is 0 Å². The highest BCUT2D eigenvalue weighted by molar-refractivity contribution is 6.09. The number of hydrogen-bond donors (Lipinski definition) is 4. The molecule has 4 N–H and O–H groups in total. The number of benzene rings is 2. The first-order valence-corrected chi connectivity index (χ1v) is 10.4. The van der Waals surface area contributed by atoms with Crippen LogP contribution in [0.3, 0.4) is 0 Å². The van der Waals surface area contributed by atoms with E-state index < -0.39 is 17.0 Å². The molecule has 0 bridgehead atoms. The Morgan fingerprint density at radius 1 is 1.13 bits per heavy atom. The van der Waals surface area contributed by atoms with E-state index in [1.165, 1.54) is 18.2 Å². The number of hydrogen-bond acceptors (Lipinski definition) is 6. The highest BCUT2D eigenvalue weighted by atomic mass is 16.5. The van der Waals surface area contributed by atoms with Crippen LogP contribution >= 0.6 is 0 Å². The second-order valence-electron chi connectivity index (χ2n) is 9.30. The number of phenolic OH excluding ortho intramolecular Hbond substituents is 2. The summed E-state index contributed by atoms with van der Waals surface area (Å²) in [5, 5.41) is 40.7. The predicted molar refractivity (Wildman–Crippen MR) is 119 cm³/mol. The number of ketones is 1. The van der Waals surface area contributed by atoms with Gasteiger partial charge in [0.05, 0.1) is 16.8 Å². The normalized spacial score (nSPS) is 16.4. The van der Waals surface area contributed by atoms with Crippen molar-refractivity contribution < 1.29 is 30.0 Å². The standard InChI is InChI=1S/C25H30O6/c1-24(2,29)12-11-18-20(27)9-7-17(23(18)28)19(26)8-5-15-6-10-21-16(13-15)14-22(31-21)25(3,4)30/h5-10,13,22,27-30H,11-12,14H2,1-4H3/b8-5+/t22-/m0/s1. The van der Waals surface area contributed by atoms with Gasteiger partial charge in [0, 0.05) is 12.0 Å². The first kappa shape index (κ1) is 22.8. The van der Waals surface area contributed by atoms with Gasteiger partial charge >= 0.3 is 0 Å². The molecule has 0 spiro atoms. The maximum atomic E-state index is 12.7. The fourth-order valence-corrected chi connectivity index (χ4v) is 3.53. The SMILES string of the molecule is CC(C)(O)CCc1c(O)ccc(C(=O)/C=C/c2ccc3c(c2)C[C@@H](C(C)(C)O)O3)c1O. The smallest absolute Gasteiger partial charge is 0.189 e. The van der Waals surface area contributed by atoms with Crippen molar-refractivity contribution >= 4 is 11.9 Å². The van der Waals surface area contributed by atoms with E-state index in [4.69, 9.17) is 4.74 Å². The molecule has 2 aromatic rings. The zero-order valence-electron chi connectivity index (χ0n) is 18.3. The Labute approximate surface area is 182 Å². The van der Waals surface area contributed by atoms with Crippen LogP contribution in [-0.2, 0) is 12.8 Å². The summed E-state index contributed by atoms with van der Waals surface area (Å²) in [5.41, 5.74) is 0.181. The third-order valence-corrected chi connectivity index (χ3v) is 5.48. The number of aliphatic hydroxyl groups is 2. The van der Waals surface area contributed by atoms with Crippen LogP contribution in [0.2, 0.25) is 0 Å². The zero-order chi connectivity index (χ0) is 23.0. The lowest BCUT2D eigenvalue weighted by atomic mass is 9.95. The minimum atomic E-state index is -0.958. The van der Waals surface area contributed by atoms with Gasteiger partial charge in [-0.2, -0.15) is 0 Å². The molecule has 0 aromatic heterocycles. The summed E-state index contributed by atoms with van der Waals surface area (Å²) >= 11 is 0. The minimum Gasteiger partial charge on any atom is -0.508 e. The number of carbonyl (C=O) groups is 1. The summed E-state index contributed by atoms with van der Waals surface area (Å²) in [5.74, 6) is -0.0482. The summed E-state index contributed by atoms with van der Waals surface area (Å²) in [6, 6.07) is 8.31. The van der Waals surface area contributed by atoms with E-state index in [0.717, 1.165) is 16.9 Å². The van der Waals surface area contributed by atoms with Gasteiger partial charge in [0.2, 0.25) is 0 Å². The summed E-state index contributed by atoms with van der Waals surface area (Å²) in [4.78, 5) is 12.7. The molecular formula is C25H30O6. The fraction of sp³-hybridized carbons (Fsp3) is 0.400. The average molecular weight is 427 g/mol. The second kappa shape index (κ2) is 8.36. The molecule has 1 aliphatic heterocycles. The van der Waals surface area contributed by atoms with Crippen LogP contribution in [0.25, 0.3) is 6.08 Å². The summed E-state index contributed by atoms with van der Waals surface area (Å²) in [7, 11) is 0. The molecule has 31 heavy (non-hydrogen) atoms. The summed E-state index contributed by atoms with van der Waals surface area (Å²) in [6.45, 7) is 6.71. The molecule has 1 atom stereocenters. The molecule has 2 aromatic carbocycles. The third-order valence-electron chi connectivity index (χ3n) is 5.48. The van der Waals surface area contributed by atoms with Crippen molar-refractivity contribution in [2.45, 2.75) is 64.3 Å². The quantitative estimate of drug-likeness (QED) is 0.397. The monoisotopic (exact) mass is 426 g/mol. The Hall–Kier alpha value is -2.83. The Balaban J connectivity index is 1.77. The molecule has 0 saturated heterocycles. The van der Waals surface area contributed by atoms with Crippen molar-refractivity contribution in [1.82, 2.24) is 0 Å². The van der Waals surface area contributed by atoms with Gasteiger partial charge in [-0.15, -0.1) is 0 Å². The van der Waals surface area contributed by atoms with Crippen LogP contribution in [0.1, 0.15) is 61.2 Å². The molecular weight excluding hydrogens is 396 g/mol. The number of allylic oxidation sites excluding steroid dienone is 1. The van der Waals surface area contributed by atoms with E-state index in [1.807, 2.05) is 18.2 Å². The molecule has 0 saturated carbocycles. The maximum absolute atomic E-state index is 12.7. The van der Waals surface area contributed by atoms with E-state index >= 15 is 0 Å². The number of carbonyl (C=O) groups excluding carboxylic acids is 1. The Morgan fingerprint density at radius 2 is 1.84 bits per heavy atom. The van der Waals surface area contributed by atoms with Gasteiger partial charge in [-0.1, -0.05) is 12.1 Å². The Bertz CT molecular complexity index is 1010. The minimum absolute atomic E-state index is 0.0892. The molecule has 6 nitrogen and oxygen atoms in total. The molecule has 3 rings (SSSR count). The lowest BCUT2D eigenvalue weighted by Gasteiger charge is -2.24. The van der Waals surface area contributed by atoms with Crippen LogP contribution in [0.5, 0.6) is 17.2 Å². The van der Waals surface area contributed by atoms with Crippen molar-refractivity contribution in [3.05, 3.63) is 58.7 Å². The largest absolute Gasteiger partial charge is 0.508 e. The van der Waals surface area contributed by atoms with Crippen LogP contribution in [-0.4, -0.2) is 43.5 Å². The zero-order valence-corrected chi connectivity index (χ0v) is 18.3. The van der Waals surface area contributed by atoms with E-state index in [2.05, 4.69) is 0 Å². The highest BCUT2D eigenvalue weighted by Crippen LogP contribution is 2.35. The molecule has 0 fully saturated rings. The van der Waals surface area contributed by atoms with Gasteiger partial charge in [0.25, 0.3) is 0 Å². The van der Waals surface area contributed by atoms with Crippen LogP contribution in [0, 0.1) is 0 Å². The second-order valence-corrected chi connectivity index (χ2v) is 9.30. The van der Waals surface area contributed by atoms with Crippen LogP contribution in [0.15, 0.2) is 36.4 Å². The summed E-state index contributed by atoms with van der Waals surface area (Å²) in [6.07, 6.45) is 3.85. The number of ether oxygens (including phenoxy) is 1. The average Bonchev–Trinajstić information content (AvgIpc) is 3.09. The first-order chi connectivity index (χ1) is 14.3. The van der Waals surface area contributed by atoms with Gasteiger partial charge in [-0.05, 0) is 82.0 Å². The van der Waals surface area contributed by atoms with Crippen LogP contribution in [0.4, 0.5) is 0 Å². The van der Waals surface area contributed by atoms with E-state index in [9.17, 15) is 25.2 Å². The molecule has 1 aliphatic rings. The van der Waals surface area contributed by atoms with Gasteiger partial charge in [-0.3, -0.25) is 4.79 Å². The lowest BCUT2D eigenvalue weighted by molar-refractivity contribution is -0.0229.